The molecule has 0 saturated carbocycles. The Balaban J connectivity index is 3.25. The van der Waals surface area contributed by atoms with Crippen LogP contribution in [0.3, 0.4) is 0 Å². The Kier molecular flexibility index (Phi) is 2.94. The van der Waals surface area contributed by atoms with Crippen molar-refractivity contribution >= 4 is 30.7 Å². The minimum absolute atomic E-state index is 0.630. The minimum Gasteiger partial charge on any atom is -0.388 e. The molecule has 0 unspecified atom stereocenters. The molecule has 0 saturated heterocycles. The molecular weight excluding hydrogens is 256 g/mol. The van der Waals surface area contributed by atoms with Crippen molar-refractivity contribution in [1.82, 2.24) is 0 Å². The van der Waals surface area contributed by atoms with Crippen molar-refractivity contribution < 1.29 is 21.6 Å². The third kappa shape index (κ3) is 2.00. The number of hydrogen-bond donors (Lipinski definition) is 1. The molecule has 1 heterocycles. The van der Waals surface area contributed by atoms with E-state index in [1.807, 2.05) is 0 Å². The zero-order valence-electron chi connectivity index (χ0n) is 8.54. The van der Waals surface area contributed by atoms with Crippen molar-refractivity contribution in [2.45, 2.75) is 19.1 Å². The third-order valence-electron chi connectivity index (χ3n) is 1.88. The molecule has 0 fully saturated rings. The number of hydrogen-bond acceptors (Lipinski definition) is 6. The van der Waals surface area contributed by atoms with Crippen LogP contribution < -0.4 is 5.73 Å². The van der Waals surface area contributed by atoms with Crippen molar-refractivity contribution in [1.29, 1.82) is 0 Å². The number of sulfonamides is 1. The third-order valence-corrected chi connectivity index (χ3v) is 5.00. The lowest BCUT2D eigenvalue weighted by Crippen LogP contribution is -2.29. The number of sulfone groups is 1. The van der Waals surface area contributed by atoms with Gasteiger partial charge in [-0.15, -0.1) is 0 Å². The van der Waals surface area contributed by atoms with E-state index in [0.29, 0.717) is 0 Å². The number of nitrogens with zero attached hydrogens (tertiary/aromatic N) is 1. The van der Waals surface area contributed by atoms with Crippen molar-refractivity contribution in [3.05, 3.63) is 11.1 Å². The fourth-order valence-electron chi connectivity index (χ4n) is 0.874. The quantitative estimate of drug-likeness (QED) is 0.678. The minimum atomic E-state index is -4.07. The Morgan fingerprint density at radius 3 is 2.25 bits per heavy atom. The van der Waals surface area contributed by atoms with Crippen molar-refractivity contribution in [2.75, 3.05) is 0 Å². The van der Waals surface area contributed by atoms with Gasteiger partial charge in [-0.1, -0.05) is 0 Å². The smallest absolute Gasteiger partial charge is 0.297 e. The van der Waals surface area contributed by atoms with Crippen molar-refractivity contribution in [3.63, 3.8) is 0 Å². The predicted molar refractivity (Wildman–Crippen MR) is 57.7 cm³/mol. The summed E-state index contributed by atoms with van der Waals surface area (Å²) < 4.78 is 48.0. The molecule has 0 aromatic carbocycles. The van der Waals surface area contributed by atoms with Gasteiger partial charge in [-0.05, 0) is 13.8 Å². The molecule has 0 aliphatic carbocycles. The predicted octanol–water partition coefficient (Wildman–Crippen LogP) is -1.08. The summed E-state index contributed by atoms with van der Waals surface area (Å²) in [4.78, 5) is 11.5. The van der Waals surface area contributed by atoms with E-state index >= 15 is 0 Å². The molecule has 0 radical (unpaired) electrons. The Morgan fingerprint density at radius 2 is 1.94 bits per heavy atom. The van der Waals surface area contributed by atoms with Gasteiger partial charge in [0.05, 0.1) is 5.25 Å². The molecule has 1 rings (SSSR count). The van der Waals surface area contributed by atoms with Crippen LogP contribution in [0, 0.1) is 0 Å². The number of rotatable bonds is 2. The maximum atomic E-state index is 11.5. The van der Waals surface area contributed by atoms with Gasteiger partial charge < -0.3 is 5.73 Å². The number of allylic oxidation sites excluding steroid dienone is 1. The first-order valence-electron chi connectivity index (χ1n) is 4.19. The molecule has 0 bridgehead atoms. The van der Waals surface area contributed by atoms with Gasteiger partial charge in [-0.3, -0.25) is 4.79 Å². The van der Waals surface area contributed by atoms with Crippen LogP contribution in [0.5, 0.6) is 0 Å². The maximum absolute atomic E-state index is 11.5. The lowest BCUT2D eigenvalue weighted by molar-refractivity contribution is -0.106. The van der Waals surface area contributed by atoms with Crippen molar-refractivity contribution in [3.8, 4) is 0 Å². The van der Waals surface area contributed by atoms with Gasteiger partial charge in [0, 0.05) is 6.08 Å². The first kappa shape index (κ1) is 12.8. The lowest BCUT2D eigenvalue weighted by atomic mass is 10.4. The van der Waals surface area contributed by atoms with E-state index < -0.39 is 41.0 Å². The van der Waals surface area contributed by atoms with Gasteiger partial charge in [0.15, 0.2) is 5.03 Å². The first-order chi connectivity index (χ1) is 7.09. The summed E-state index contributed by atoms with van der Waals surface area (Å²) in [7, 11) is -8.13. The second kappa shape index (κ2) is 3.67. The molecule has 2 N–H and O–H groups in total. The van der Waals surface area contributed by atoms with Gasteiger partial charge in [-0.25, -0.2) is 8.42 Å². The topological polar surface area (TPSA) is 124 Å². The molecule has 0 aromatic heterocycles. The molecule has 1 aliphatic rings. The lowest BCUT2D eigenvalue weighted by Gasteiger charge is -2.03. The van der Waals surface area contributed by atoms with Gasteiger partial charge >= 0.3 is 0 Å². The largest absolute Gasteiger partial charge is 0.388 e. The molecule has 90 valence electrons. The number of carbonyl (C=O) groups excluding carboxylic acids is 1. The molecule has 0 aromatic rings. The van der Waals surface area contributed by atoms with Crippen LogP contribution in [-0.4, -0.2) is 32.9 Å². The van der Waals surface area contributed by atoms with E-state index in [4.69, 9.17) is 5.73 Å². The zero-order valence-corrected chi connectivity index (χ0v) is 10.2. The Bertz CT molecular complexity index is 595. The average molecular weight is 266 g/mol. The SMILES string of the molecule is CC(C)S(=O)(=O)C(=O)C1=NS(=O)(=O)C(N)=C1. The van der Waals surface area contributed by atoms with Crippen LogP contribution in [0.1, 0.15) is 13.8 Å². The highest BCUT2D eigenvalue weighted by Gasteiger charge is 2.34. The van der Waals surface area contributed by atoms with Crippen LogP contribution in [0.15, 0.2) is 15.5 Å². The standard InChI is InChI=1S/C7H10N2O5S2/c1-4(2)15(11,12)7(10)5-3-6(8)16(13,14)9-5/h3-4H,8H2,1-2H3. The Labute approximate surface area is 93.0 Å². The molecule has 0 amide bonds. The van der Waals surface area contributed by atoms with E-state index in [1.165, 1.54) is 13.8 Å². The van der Waals surface area contributed by atoms with Crippen LogP contribution in [0.2, 0.25) is 0 Å². The molecule has 16 heavy (non-hydrogen) atoms. The maximum Gasteiger partial charge on any atom is 0.297 e. The van der Waals surface area contributed by atoms with E-state index in [9.17, 15) is 21.6 Å². The second-order valence-electron chi connectivity index (χ2n) is 3.38. The fourth-order valence-corrected chi connectivity index (χ4v) is 2.52. The van der Waals surface area contributed by atoms with Crippen LogP contribution >= 0.6 is 0 Å². The molecule has 0 atom stereocenters. The second-order valence-corrected chi connectivity index (χ2v) is 7.39. The summed E-state index contributed by atoms with van der Waals surface area (Å²) in [5, 5.41) is -2.90. The first-order valence-corrected chi connectivity index (χ1v) is 7.18. The van der Waals surface area contributed by atoms with Gasteiger partial charge in [0.1, 0.15) is 5.71 Å². The van der Waals surface area contributed by atoms with E-state index in [0.717, 1.165) is 6.08 Å². The molecule has 0 spiro atoms. The summed E-state index contributed by atoms with van der Waals surface area (Å²) in [6.07, 6.45) is 0.748. The average Bonchev–Trinajstić information content (AvgIpc) is 2.39. The van der Waals surface area contributed by atoms with Crippen molar-refractivity contribution in [2.24, 2.45) is 10.1 Å². The van der Waals surface area contributed by atoms with Crippen LogP contribution in [-0.2, 0) is 24.7 Å². The van der Waals surface area contributed by atoms with Gasteiger partial charge in [0.2, 0.25) is 9.84 Å². The molecule has 7 nitrogen and oxygen atoms in total. The van der Waals surface area contributed by atoms with Crippen LogP contribution in [0.4, 0.5) is 0 Å². The highest BCUT2D eigenvalue weighted by atomic mass is 32.2. The molecular formula is C7H10N2O5S2. The summed E-state index contributed by atoms with van der Waals surface area (Å²) in [6, 6.07) is 0. The summed E-state index contributed by atoms with van der Waals surface area (Å²) in [5.74, 6) is 0. The van der Waals surface area contributed by atoms with E-state index in [1.54, 1.807) is 0 Å². The number of carbonyl (C=O) groups is 1. The monoisotopic (exact) mass is 266 g/mol. The summed E-state index contributed by atoms with van der Waals surface area (Å²) >= 11 is 0. The summed E-state index contributed by atoms with van der Waals surface area (Å²) in [6.45, 7) is 2.62. The highest BCUT2D eigenvalue weighted by Crippen LogP contribution is 2.15. The summed E-state index contributed by atoms with van der Waals surface area (Å²) in [5.41, 5.74) is 4.41. The Morgan fingerprint density at radius 1 is 1.44 bits per heavy atom. The van der Waals surface area contributed by atoms with Gasteiger partial charge in [0.25, 0.3) is 15.1 Å². The Hall–Kier alpha value is -1.22. The van der Waals surface area contributed by atoms with E-state index in [-0.39, 0.29) is 0 Å². The fraction of sp³-hybridized carbons (Fsp3) is 0.429. The zero-order chi connectivity index (χ0) is 12.7. The highest BCUT2D eigenvalue weighted by molar-refractivity contribution is 8.08. The van der Waals surface area contributed by atoms with Gasteiger partial charge in [-0.2, -0.15) is 12.8 Å². The van der Waals surface area contributed by atoms with Crippen LogP contribution in [0.25, 0.3) is 0 Å². The number of nitrogens with two attached hydrogens (primary N) is 1. The van der Waals surface area contributed by atoms with E-state index in [2.05, 4.69) is 4.40 Å². The normalized spacial score (nSPS) is 19.4. The molecule has 1 aliphatic heterocycles. The molecule has 9 heteroatoms.